The Labute approximate surface area is 187 Å². The molecule has 4 aromatic rings. The predicted octanol–water partition coefficient (Wildman–Crippen LogP) is 7.79. The summed E-state index contributed by atoms with van der Waals surface area (Å²) in [7, 11) is 0. The van der Waals surface area contributed by atoms with Crippen molar-refractivity contribution in [1.29, 1.82) is 0 Å². The third-order valence-electron chi connectivity index (χ3n) is 6.29. The molecule has 0 unspecified atom stereocenters. The van der Waals surface area contributed by atoms with Crippen molar-refractivity contribution < 1.29 is 15.0 Å². The molecule has 0 spiro atoms. The number of aryl methyl sites for hydroxylation is 2. The van der Waals surface area contributed by atoms with Crippen LogP contribution in [-0.4, -0.2) is 16.2 Å². The van der Waals surface area contributed by atoms with E-state index in [-0.39, 0.29) is 0 Å². The first-order chi connectivity index (χ1) is 14.9. The van der Waals surface area contributed by atoms with Gasteiger partial charge in [0.2, 0.25) is 0 Å². The lowest BCUT2D eigenvalue weighted by Crippen LogP contribution is -1.94. The van der Waals surface area contributed by atoms with Gasteiger partial charge >= 0.3 is 0 Å². The third-order valence-corrected chi connectivity index (χ3v) is 7.44. The number of carbonyl (C=O) groups is 1. The fourth-order valence-electron chi connectivity index (χ4n) is 4.77. The molecule has 160 valence electrons. The first kappa shape index (κ1) is 21.4. The number of benzene rings is 3. The molecule has 1 heterocycles. The Balaban J connectivity index is 0.000000535. The van der Waals surface area contributed by atoms with Crippen LogP contribution < -0.4 is 0 Å². The molecule has 0 atom stereocenters. The van der Waals surface area contributed by atoms with E-state index in [4.69, 9.17) is 9.90 Å². The standard InChI is InChI=1S/C25H24OS.C2H4O2/c1-15-16(2)27-23-14-18-9-5-6-10-20(18)25(24(15)23)19-11-12-22(26)21(13-19)17-7-3-4-8-17;1-2(3)4/h5-6,9-14,17,26H,3-4,7-8H2,1-2H3;1H3,(H,3,4). The molecule has 2 N–H and O–H groups in total. The first-order valence-corrected chi connectivity index (χ1v) is 11.6. The van der Waals surface area contributed by atoms with Crippen LogP contribution in [0.1, 0.15) is 54.5 Å². The van der Waals surface area contributed by atoms with E-state index in [9.17, 15) is 5.11 Å². The number of phenols is 1. The number of thiophene rings is 1. The lowest BCUT2D eigenvalue weighted by Gasteiger charge is -2.16. The molecule has 4 heteroatoms. The van der Waals surface area contributed by atoms with E-state index >= 15 is 0 Å². The Morgan fingerprint density at radius 3 is 2.42 bits per heavy atom. The van der Waals surface area contributed by atoms with Gasteiger partial charge in [0.1, 0.15) is 5.75 Å². The van der Waals surface area contributed by atoms with Crippen molar-refractivity contribution in [3.63, 3.8) is 0 Å². The summed E-state index contributed by atoms with van der Waals surface area (Å²) in [5, 5.41) is 21.9. The highest BCUT2D eigenvalue weighted by atomic mass is 32.1. The highest BCUT2D eigenvalue weighted by Gasteiger charge is 2.22. The normalized spacial score (nSPS) is 14.0. The van der Waals surface area contributed by atoms with Crippen LogP contribution in [0.15, 0.2) is 48.5 Å². The van der Waals surface area contributed by atoms with E-state index < -0.39 is 5.97 Å². The van der Waals surface area contributed by atoms with Gasteiger partial charge in [-0.1, -0.05) is 43.2 Å². The molecule has 0 bridgehead atoms. The van der Waals surface area contributed by atoms with Gasteiger partial charge in [0.25, 0.3) is 5.97 Å². The van der Waals surface area contributed by atoms with Crippen LogP contribution in [-0.2, 0) is 4.79 Å². The van der Waals surface area contributed by atoms with E-state index in [0.29, 0.717) is 11.7 Å². The zero-order chi connectivity index (χ0) is 22.1. The highest BCUT2D eigenvalue weighted by molar-refractivity contribution is 7.19. The van der Waals surface area contributed by atoms with Crippen molar-refractivity contribution in [1.82, 2.24) is 0 Å². The molecular formula is C27H28O3S. The minimum Gasteiger partial charge on any atom is -0.508 e. The Bertz CT molecular complexity index is 1260. The predicted molar refractivity (Wildman–Crippen MR) is 130 cm³/mol. The van der Waals surface area contributed by atoms with Crippen LogP contribution in [0.5, 0.6) is 5.75 Å². The summed E-state index contributed by atoms with van der Waals surface area (Å²) in [4.78, 5) is 10.4. The fraction of sp³-hybridized carbons (Fsp3) is 0.296. The molecular weight excluding hydrogens is 404 g/mol. The molecule has 1 aliphatic rings. The molecule has 1 fully saturated rings. The Morgan fingerprint density at radius 2 is 1.71 bits per heavy atom. The first-order valence-electron chi connectivity index (χ1n) is 10.8. The van der Waals surface area contributed by atoms with Gasteiger partial charge in [-0.25, -0.2) is 0 Å². The minimum absolute atomic E-state index is 0.459. The largest absolute Gasteiger partial charge is 0.508 e. The molecule has 0 amide bonds. The van der Waals surface area contributed by atoms with Crippen LogP contribution in [0.4, 0.5) is 0 Å². The van der Waals surface area contributed by atoms with Gasteiger partial charge in [-0.3, -0.25) is 4.79 Å². The van der Waals surface area contributed by atoms with Gasteiger partial charge in [0, 0.05) is 21.9 Å². The second-order valence-corrected chi connectivity index (χ2v) is 9.66. The molecule has 0 radical (unpaired) electrons. The molecule has 3 aromatic carbocycles. The van der Waals surface area contributed by atoms with E-state index in [2.05, 4.69) is 56.3 Å². The number of phenolic OH excluding ortho intramolecular Hbond substituents is 1. The summed E-state index contributed by atoms with van der Waals surface area (Å²) in [5.74, 6) is 0.126. The monoisotopic (exact) mass is 432 g/mol. The number of hydrogen-bond acceptors (Lipinski definition) is 3. The van der Waals surface area contributed by atoms with Crippen LogP contribution in [0.2, 0.25) is 0 Å². The van der Waals surface area contributed by atoms with E-state index in [0.717, 1.165) is 12.5 Å². The molecule has 0 aliphatic heterocycles. The lowest BCUT2D eigenvalue weighted by molar-refractivity contribution is -0.134. The summed E-state index contributed by atoms with van der Waals surface area (Å²) in [6, 6.07) is 17.3. The maximum absolute atomic E-state index is 10.5. The minimum atomic E-state index is -0.833. The Kier molecular flexibility index (Phi) is 6.01. The summed E-state index contributed by atoms with van der Waals surface area (Å²) < 4.78 is 1.36. The number of fused-ring (bicyclic) bond motifs is 2. The number of aliphatic carboxylic acids is 1. The second-order valence-electron chi connectivity index (χ2n) is 8.40. The van der Waals surface area contributed by atoms with E-state index in [1.165, 1.54) is 68.1 Å². The molecule has 3 nitrogen and oxygen atoms in total. The van der Waals surface area contributed by atoms with Gasteiger partial charge < -0.3 is 10.2 Å². The van der Waals surface area contributed by atoms with Crippen LogP contribution in [0, 0.1) is 13.8 Å². The van der Waals surface area contributed by atoms with Crippen LogP contribution >= 0.6 is 11.3 Å². The molecule has 1 aliphatic carbocycles. The van der Waals surface area contributed by atoms with Crippen molar-refractivity contribution in [2.45, 2.75) is 52.4 Å². The SMILES string of the molecule is CC(=O)O.Cc1sc2cc3ccccc3c(-c3ccc(O)c(C4CCCC4)c3)c2c1C. The lowest BCUT2D eigenvalue weighted by atomic mass is 9.89. The number of carboxylic acids is 1. The smallest absolute Gasteiger partial charge is 0.300 e. The van der Waals surface area contributed by atoms with Gasteiger partial charge in [0.05, 0.1) is 0 Å². The number of aromatic hydroxyl groups is 1. The maximum atomic E-state index is 10.5. The van der Waals surface area contributed by atoms with Gasteiger partial charge in [-0.15, -0.1) is 11.3 Å². The molecule has 31 heavy (non-hydrogen) atoms. The molecule has 1 aromatic heterocycles. The zero-order valence-corrected chi connectivity index (χ0v) is 19.1. The van der Waals surface area contributed by atoms with Crippen LogP contribution in [0.25, 0.3) is 32.0 Å². The third kappa shape index (κ3) is 4.17. The number of carboxylic acid groups (broad SMARTS) is 1. The topological polar surface area (TPSA) is 57.5 Å². The molecule has 1 saturated carbocycles. The Morgan fingerprint density at radius 1 is 1.03 bits per heavy atom. The van der Waals surface area contributed by atoms with Gasteiger partial charge in [-0.2, -0.15) is 0 Å². The molecule has 5 rings (SSSR count). The van der Waals surface area contributed by atoms with Crippen LogP contribution in [0.3, 0.4) is 0 Å². The van der Waals surface area contributed by atoms with Crippen molar-refractivity contribution in [3.8, 4) is 16.9 Å². The van der Waals surface area contributed by atoms with Crippen molar-refractivity contribution >= 4 is 38.2 Å². The summed E-state index contributed by atoms with van der Waals surface area (Å²) in [6.07, 6.45) is 4.93. The average Bonchev–Trinajstić information content (AvgIpc) is 3.35. The van der Waals surface area contributed by atoms with Crippen molar-refractivity contribution in [3.05, 3.63) is 64.5 Å². The summed E-state index contributed by atoms with van der Waals surface area (Å²) in [5.41, 5.74) is 5.07. The van der Waals surface area contributed by atoms with E-state index in [1.54, 1.807) is 0 Å². The summed E-state index contributed by atoms with van der Waals surface area (Å²) in [6.45, 7) is 5.54. The van der Waals surface area contributed by atoms with Gasteiger partial charge in [0.15, 0.2) is 0 Å². The summed E-state index contributed by atoms with van der Waals surface area (Å²) >= 11 is 1.89. The van der Waals surface area contributed by atoms with Crippen molar-refractivity contribution in [2.24, 2.45) is 0 Å². The molecule has 0 saturated heterocycles. The van der Waals surface area contributed by atoms with Crippen molar-refractivity contribution in [2.75, 3.05) is 0 Å². The fourth-order valence-corrected chi connectivity index (χ4v) is 5.89. The quantitative estimate of drug-likeness (QED) is 0.340. The average molecular weight is 433 g/mol. The van der Waals surface area contributed by atoms with E-state index in [1.807, 2.05) is 17.4 Å². The zero-order valence-electron chi connectivity index (χ0n) is 18.2. The highest BCUT2D eigenvalue weighted by Crippen LogP contribution is 2.45. The maximum Gasteiger partial charge on any atom is 0.300 e. The number of hydrogen-bond donors (Lipinski definition) is 2. The second kappa shape index (κ2) is 8.72. The van der Waals surface area contributed by atoms with Gasteiger partial charge in [-0.05, 0) is 83.8 Å². The number of rotatable bonds is 2. The Hall–Kier alpha value is -2.85.